The molecule has 0 unspecified atom stereocenters. The summed E-state index contributed by atoms with van der Waals surface area (Å²) in [6.07, 6.45) is 1.35. The molecule has 2 aromatic rings. The lowest BCUT2D eigenvalue weighted by atomic mass is 10.2. The first-order chi connectivity index (χ1) is 7.18. The molecule has 15 heavy (non-hydrogen) atoms. The molecule has 1 aromatic heterocycles. The molecule has 0 spiro atoms. The van der Waals surface area contributed by atoms with E-state index in [1.807, 2.05) is 12.1 Å². The number of likely N-dealkylation sites (N-methyl/N-ethyl adjacent to an activating group) is 1. The number of aromatic nitrogens is 1. The molecule has 0 saturated heterocycles. The molecule has 0 fully saturated rings. The van der Waals surface area contributed by atoms with Gasteiger partial charge in [0.15, 0.2) is 12.0 Å². The van der Waals surface area contributed by atoms with Crippen LogP contribution in [0.2, 0.25) is 0 Å². The van der Waals surface area contributed by atoms with Gasteiger partial charge in [-0.15, -0.1) is 0 Å². The second-order valence-electron chi connectivity index (χ2n) is 3.23. The predicted octanol–water partition coefficient (Wildman–Crippen LogP) is 1.35. The number of carbonyl (C=O) groups is 1. The highest BCUT2D eigenvalue weighted by molar-refractivity contribution is 5.88. The summed E-state index contributed by atoms with van der Waals surface area (Å²) in [6.45, 7) is -0.0696. The van der Waals surface area contributed by atoms with Crippen LogP contribution in [0.4, 0.5) is 5.69 Å². The van der Waals surface area contributed by atoms with Gasteiger partial charge in [-0.25, -0.2) is 4.98 Å². The third-order valence-electron chi connectivity index (χ3n) is 2.12. The molecule has 0 aliphatic carbocycles. The normalized spacial score (nSPS) is 10.5. The van der Waals surface area contributed by atoms with Crippen LogP contribution in [0.5, 0.6) is 0 Å². The molecular weight excluding hydrogens is 196 g/mol. The topological polar surface area (TPSA) is 66.6 Å². The van der Waals surface area contributed by atoms with E-state index in [2.05, 4.69) is 4.98 Å². The maximum Gasteiger partial charge on any atom is 0.323 e. The molecule has 0 amide bonds. The van der Waals surface area contributed by atoms with E-state index in [0.717, 1.165) is 11.2 Å². The summed E-state index contributed by atoms with van der Waals surface area (Å²) in [7, 11) is 1.70. The van der Waals surface area contributed by atoms with Crippen molar-refractivity contribution < 1.29 is 14.3 Å². The van der Waals surface area contributed by atoms with Gasteiger partial charge in [0.25, 0.3) is 0 Å². The summed E-state index contributed by atoms with van der Waals surface area (Å²) >= 11 is 0. The standard InChI is InChI=1S/C10H10N2O3/c1-12(5-9(13)14)8-4-2-3-7-10(8)15-6-11-7/h2-4,6H,5H2,1H3,(H,13,14). The fraction of sp³-hybridized carbons (Fsp3) is 0.200. The van der Waals surface area contributed by atoms with E-state index < -0.39 is 5.97 Å². The summed E-state index contributed by atoms with van der Waals surface area (Å²) in [6, 6.07) is 5.44. The minimum atomic E-state index is -0.881. The molecule has 0 saturated carbocycles. The third kappa shape index (κ3) is 1.76. The summed E-state index contributed by atoms with van der Waals surface area (Å²) in [5.41, 5.74) is 2.07. The number of nitrogens with zero attached hydrogens (tertiary/aromatic N) is 2. The molecule has 0 radical (unpaired) electrons. The van der Waals surface area contributed by atoms with E-state index >= 15 is 0 Å². The van der Waals surface area contributed by atoms with Gasteiger partial charge in [-0.2, -0.15) is 0 Å². The first-order valence-electron chi connectivity index (χ1n) is 4.43. The van der Waals surface area contributed by atoms with Crippen LogP contribution in [0, 0.1) is 0 Å². The van der Waals surface area contributed by atoms with Gasteiger partial charge in [-0.3, -0.25) is 4.79 Å². The first kappa shape index (κ1) is 9.51. The number of para-hydroxylation sites is 1. The molecule has 1 heterocycles. The van der Waals surface area contributed by atoms with Crippen molar-refractivity contribution in [2.75, 3.05) is 18.5 Å². The van der Waals surface area contributed by atoms with E-state index in [-0.39, 0.29) is 6.54 Å². The van der Waals surface area contributed by atoms with Gasteiger partial charge in [-0.1, -0.05) is 6.07 Å². The van der Waals surface area contributed by atoms with Crippen LogP contribution >= 0.6 is 0 Å². The van der Waals surface area contributed by atoms with E-state index in [1.54, 1.807) is 18.0 Å². The Balaban J connectivity index is 2.42. The van der Waals surface area contributed by atoms with Gasteiger partial charge in [0.1, 0.15) is 12.1 Å². The Morgan fingerprint density at radius 2 is 2.40 bits per heavy atom. The Morgan fingerprint density at radius 3 is 3.13 bits per heavy atom. The average Bonchev–Trinajstić information content (AvgIpc) is 2.63. The number of oxazole rings is 1. The van der Waals surface area contributed by atoms with Gasteiger partial charge >= 0.3 is 5.97 Å². The van der Waals surface area contributed by atoms with Crippen molar-refractivity contribution in [1.29, 1.82) is 0 Å². The van der Waals surface area contributed by atoms with Gasteiger partial charge in [0.05, 0.1) is 5.69 Å². The molecule has 0 bridgehead atoms. The zero-order valence-electron chi connectivity index (χ0n) is 8.17. The van der Waals surface area contributed by atoms with Gasteiger partial charge in [0.2, 0.25) is 0 Å². The van der Waals surface area contributed by atoms with Crippen molar-refractivity contribution >= 4 is 22.8 Å². The van der Waals surface area contributed by atoms with Crippen molar-refractivity contribution in [3.8, 4) is 0 Å². The number of rotatable bonds is 3. The van der Waals surface area contributed by atoms with Crippen LogP contribution in [-0.2, 0) is 4.79 Å². The zero-order valence-corrected chi connectivity index (χ0v) is 8.17. The molecule has 0 atom stereocenters. The van der Waals surface area contributed by atoms with Crippen molar-refractivity contribution in [2.24, 2.45) is 0 Å². The van der Waals surface area contributed by atoms with Crippen LogP contribution in [0.25, 0.3) is 11.1 Å². The number of carboxylic acid groups (broad SMARTS) is 1. The van der Waals surface area contributed by atoms with Gasteiger partial charge in [0, 0.05) is 7.05 Å². The largest absolute Gasteiger partial charge is 0.480 e. The highest BCUT2D eigenvalue weighted by Gasteiger charge is 2.11. The minimum Gasteiger partial charge on any atom is -0.480 e. The second kappa shape index (κ2) is 3.61. The van der Waals surface area contributed by atoms with Crippen LogP contribution in [-0.4, -0.2) is 29.7 Å². The number of hydrogen-bond donors (Lipinski definition) is 1. The predicted molar refractivity (Wildman–Crippen MR) is 54.9 cm³/mol. The molecule has 1 aromatic carbocycles. The fourth-order valence-corrected chi connectivity index (χ4v) is 1.46. The zero-order chi connectivity index (χ0) is 10.8. The maximum atomic E-state index is 10.6. The summed E-state index contributed by atoms with van der Waals surface area (Å²) in [5, 5.41) is 8.68. The molecule has 0 aliphatic heterocycles. The van der Waals surface area contributed by atoms with E-state index in [4.69, 9.17) is 9.52 Å². The molecule has 5 nitrogen and oxygen atoms in total. The van der Waals surface area contributed by atoms with E-state index in [1.165, 1.54) is 6.39 Å². The minimum absolute atomic E-state index is 0.0696. The molecule has 5 heteroatoms. The lowest BCUT2D eigenvalue weighted by Gasteiger charge is -2.16. The Kier molecular flexibility index (Phi) is 2.29. The maximum absolute atomic E-state index is 10.6. The summed E-state index contributed by atoms with van der Waals surface area (Å²) in [4.78, 5) is 16.2. The third-order valence-corrected chi connectivity index (χ3v) is 2.12. The number of anilines is 1. The number of fused-ring (bicyclic) bond motifs is 1. The summed E-state index contributed by atoms with van der Waals surface area (Å²) in [5.74, 6) is -0.881. The van der Waals surface area contributed by atoms with E-state index in [9.17, 15) is 4.79 Å². The first-order valence-corrected chi connectivity index (χ1v) is 4.43. The Bertz CT molecular complexity index is 492. The monoisotopic (exact) mass is 206 g/mol. The highest BCUT2D eigenvalue weighted by Crippen LogP contribution is 2.24. The number of hydrogen-bond acceptors (Lipinski definition) is 4. The molecule has 78 valence electrons. The van der Waals surface area contributed by atoms with Crippen molar-refractivity contribution in [2.45, 2.75) is 0 Å². The van der Waals surface area contributed by atoms with Crippen LogP contribution in [0.3, 0.4) is 0 Å². The number of carboxylic acids is 1. The average molecular weight is 206 g/mol. The molecule has 2 rings (SSSR count). The van der Waals surface area contributed by atoms with Crippen LogP contribution < -0.4 is 4.90 Å². The SMILES string of the molecule is CN(CC(=O)O)c1cccc2ncoc12. The molecule has 1 N–H and O–H groups in total. The van der Waals surface area contributed by atoms with Crippen molar-refractivity contribution in [3.05, 3.63) is 24.6 Å². The molecular formula is C10H10N2O3. The Morgan fingerprint density at radius 1 is 1.60 bits per heavy atom. The number of aliphatic carboxylic acids is 1. The number of benzene rings is 1. The van der Waals surface area contributed by atoms with Gasteiger partial charge in [-0.05, 0) is 12.1 Å². The summed E-state index contributed by atoms with van der Waals surface area (Å²) < 4.78 is 5.21. The Labute approximate surface area is 85.9 Å². The fourth-order valence-electron chi connectivity index (χ4n) is 1.46. The van der Waals surface area contributed by atoms with E-state index in [0.29, 0.717) is 5.58 Å². The van der Waals surface area contributed by atoms with Gasteiger partial charge < -0.3 is 14.4 Å². The van der Waals surface area contributed by atoms with Crippen molar-refractivity contribution in [3.63, 3.8) is 0 Å². The van der Waals surface area contributed by atoms with Crippen molar-refractivity contribution in [1.82, 2.24) is 4.98 Å². The smallest absolute Gasteiger partial charge is 0.323 e. The lowest BCUT2D eigenvalue weighted by Crippen LogP contribution is -2.25. The Hall–Kier alpha value is -2.04. The van der Waals surface area contributed by atoms with Crippen LogP contribution in [0.1, 0.15) is 0 Å². The molecule has 0 aliphatic rings. The highest BCUT2D eigenvalue weighted by atomic mass is 16.4. The lowest BCUT2D eigenvalue weighted by molar-refractivity contribution is -0.135. The van der Waals surface area contributed by atoms with Crippen LogP contribution in [0.15, 0.2) is 29.0 Å². The quantitative estimate of drug-likeness (QED) is 0.821. The second-order valence-corrected chi connectivity index (χ2v) is 3.23.